The molecule has 1 aliphatic rings. The highest BCUT2D eigenvalue weighted by Crippen LogP contribution is 2.53. The van der Waals surface area contributed by atoms with E-state index >= 15 is 0 Å². The summed E-state index contributed by atoms with van der Waals surface area (Å²) in [5.41, 5.74) is 10.6. The summed E-state index contributed by atoms with van der Waals surface area (Å²) in [6, 6.07) is 49.8. The van der Waals surface area contributed by atoms with Crippen LogP contribution in [0.15, 0.2) is 133 Å². The molecule has 0 aromatic heterocycles. The molecule has 0 saturated heterocycles. The average molecular weight is 521 g/mol. The van der Waals surface area contributed by atoms with Crippen LogP contribution in [0.3, 0.4) is 0 Å². The smallest absolute Gasteiger partial charge is 0.0165 e. The molecule has 0 saturated carbocycles. The number of rotatable bonds is 2. The van der Waals surface area contributed by atoms with Gasteiger partial charge in [0, 0.05) is 5.41 Å². The minimum Gasteiger partial charge on any atom is -0.0622 e. The molecule has 0 aliphatic heterocycles. The fourth-order valence-electron chi connectivity index (χ4n) is 7.66. The van der Waals surface area contributed by atoms with Crippen LogP contribution in [0.5, 0.6) is 0 Å². The maximum Gasteiger partial charge on any atom is 0.0165 e. The molecule has 0 spiro atoms. The molecule has 0 unspecified atom stereocenters. The van der Waals surface area contributed by atoms with E-state index in [2.05, 4.69) is 147 Å². The summed E-state index contributed by atoms with van der Waals surface area (Å²) < 4.78 is 0. The molecular formula is C41H28. The fourth-order valence-corrected chi connectivity index (χ4v) is 7.66. The lowest BCUT2D eigenvalue weighted by molar-refractivity contribution is 0.666. The fraction of sp³-hybridized carbons (Fsp3) is 0.0732. The number of benzene rings is 8. The number of hydrogen-bond acceptors (Lipinski definition) is 0. The van der Waals surface area contributed by atoms with Crippen molar-refractivity contribution in [3.8, 4) is 33.4 Å². The molecule has 0 radical (unpaired) electrons. The Kier molecular flexibility index (Phi) is 4.49. The zero-order chi connectivity index (χ0) is 27.3. The van der Waals surface area contributed by atoms with Gasteiger partial charge >= 0.3 is 0 Å². The van der Waals surface area contributed by atoms with Gasteiger partial charge in [-0.25, -0.2) is 0 Å². The minimum atomic E-state index is -0.106. The SMILES string of the molecule is CC1(C)c2cc(-c3cc4ccc5cccc6ccc(c3)c4c56)ccc2-c2ccc3c(-c4ccccc4)cccc3c21. The van der Waals surface area contributed by atoms with Crippen LogP contribution in [-0.2, 0) is 5.41 Å². The minimum absolute atomic E-state index is 0.106. The van der Waals surface area contributed by atoms with E-state index in [-0.39, 0.29) is 5.41 Å². The van der Waals surface area contributed by atoms with Gasteiger partial charge in [0.2, 0.25) is 0 Å². The zero-order valence-corrected chi connectivity index (χ0v) is 23.2. The van der Waals surface area contributed by atoms with E-state index in [0.717, 1.165) is 0 Å². The standard InChI is InChI=1S/C41H28/c1-41(2)37-24-28(31-22-29-16-14-26-10-6-11-27-15-17-30(23-31)39(29)38(26)27)18-19-34(37)36-21-20-33-32(25-8-4-3-5-9-25)12-7-13-35(33)40(36)41/h3-24H,1-2H3. The van der Waals surface area contributed by atoms with Gasteiger partial charge in [0.1, 0.15) is 0 Å². The second-order valence-electron chi connectivity index (χ2n) is 12.1. The molecule has 0 atom stereocenters. The molecule has 0 N–H and O–H groups in total. The third-order valence-corrected chi connectivity index (χ3v) is 9.55. The van der Waals surface area contributed by atoms with Crippen LogP contribution in [0, 0.1) is 0 Å². The molecule has 8 aromatic carbocycles. The van der Waals surface area contributed by atoms with Crippen molar-refractivity contribution >= 4 is 43.1 Å². The first kappa shape index (κ1) is 22.8. The second kappa shape index (κ2) is 8.05. The Balaban J connectivity index is 1.22. The topological polar surface area (TPSA) is 0 Å². The van der Waals surface area contributed by atoms with E-state index in [0.29, 0.717) is 0 Å². The zero-order valence-electron chi connectivity index (χ0n) is 23.2. The van der Waals surface area contributed by atoms with Gasteiger partial charge in [0.05, 0.1) is 0 Å². The summed E-state index contributed by atoms with van der Waals surface area (Å²) in [7, 11) is 0. The third kappa shape index (κ3) is 3.11. The van der Waals surface area contributed by atoms with Crippen LogP contribution in [0.4, 0.5) is 0 Å². The largest absolute Gasteiger partial charge is 0.0622 e. The van der Waals surface area contributed by atoms with E-state index in [1.165, 1.54) is 87.6 Å². The van der Waals surface area contributed by atoms with Crippen molar-refractivity contribution in [1.82, 2.24) is 0 Å². The summed E-state index contributed by atoms with van der Waals surface area (Å²) in [6.45, 7) is 4.80. The van der Waals surface area contributed by atoms with E-state index in [4.69, 9.17) is 0 Å². The van der Waals surface area contributed by atoms with Crippen LogP contribution in [0.2, 0.25) is 0 Å². The molecule has 0 fully saturated rings. The summed E-state index contributed by atoms with van der Waals surface area (Å²) in [5, 5.41) is 10.7. The van der Waals surface area contributed by atoms with Gasteiger partial charge in [0.15, 0.2) is 0 Å². The molecule has 192 valence electrons. The van der Waals surface area contributed by atoms with E-state index < -0.39 is 0 Å². The molecule has 41 heavy (non-hydrogen) atoms. The van der Waals surface area contributed by atoms with Gasteiger partial charge in [-0.1, -0.05) is 129 Å². The highest BCUT2D eigenvalue weighted by Gasteiger charge is 2.37. The molecule has 9 rings (SSSR count). The molecular weight excluding hydrogens is 492 g/mol. The van der Waals surface area contributed by atoms with Gasteiger partial charge in [-0.2, -0.15) is 0 Å². The normalized spacial score (nSPS) is 13.8. The van der Waals surface area contributed by atoms with Crippen molar-refractivity contribution < 1.29 is 0 Å². The summed E-state index contributed by atoms with van der Waals surface area (Å²) >= 11 is 0. The Morgan fingerprint density at radius 2 is 1.05 bits per heavy atom. The molecule has 0 heteroatoms. The van der Waals surface area contributed by atoms with Crippen LogP contribution in [0.1, 0.15) is 25.0 Å². The van der Waals surface area contributed by atoms with Crippen molar-refractivity contribution in [3.05, 3.63) is 145 Å². The monoisotopic (exact) mass is 520 g/mol. The molecule has 0 amide bonds. The lowest BCUT2D eigenvalue weighted by Gasteiger charge is -2.24. The van der Waals surface area contributed by atoms with E-state index in [9.17, 15) is 0 Å². The average Bonchev–Trinajstić information content (AvgIpc) is 3.26. The first-order valence-corrected chi connectivity index (χ1v) is 14.5. The van der Waals surface area contributed by atoms with Gasteiger partial charge in [-0.3, -0.25) is 0 Å². The highest BCUT2D eigenvalue weighted by atomic mass is 14.4. The maximum atomic E-state index is 2.45. The number of hydrogen-bond donors (Lipinski definition) is 0. The van der Waals surface area contributed by atoms with Crippen molar-refractivity contribution in [1.29, 1.82) is 0 Å². The summed E-state index contributed by atoms with van der Waals surface area (Å²) in [4.78, 5) is 0. The lowest BCUT2D eigenvalue weighted by Crippen LogP contribution is -2.15. The van der Waals surface area contributed by atoms with Gasteiger partial charge in [-0.15, -0.1) is 0 Å². The highest BCUT2D eigenvalue weighted by molar-refractivity contribution is 6.23. The van der Waals surface area contributed by atoms with Gasteiger partial charge < -0.3 is 0 Å². The Labute approximate surface area is 239 Å². The van der Waals surface area contributed by atoms with Gasteiger partial charge in [-0.05, 0) is 106 Å². The second-order valence-corrected chi connectivity index (χ2v) is 12.1. The van der Waals surface area contributed by atoms with Crippen molar-refractivity contribution in [2.45, 2.75) is 19.3 Å². The Morgan fingerprint density at radius 1 is 0.390 bits per heavy atom. The van der Waals surface area contributed by atoms with Crippen LogP contribution in [-0.4, -0.2) is 0 Å². The predicted octanol–water partition coefficient (Wildman–Crippen LogP) is 11.4. The quantitative estimate of drug-likeness (QED) is 0.199. The van der Waals surface area contributed by atoms with Crippen LogP contribution in [0.25, 0.3) is 76.5 Å². The Bertz CT molecular complexity index is 2250. The predicted molar refractivity (Wildman–Crippen MR) is 176 cm³/mol. The first-order chi connectivity index (χ1) is 20.1. The molecule has 0 nitrogen and oxygen atoms in total. The summed E-state index contributed by atoms with van der Waals surface area (Å²) in [6.07, 6.45) is 0. The van der Waals surface area contributed by atoms with E-state index in [1.54, 1.807) is 0 Å². The number of fused-ring (bicyclic) bond motifs is 5. The lowest BCUT2D eigenvalue weighted by atomic mass is 9.79. The molecule has 8 aromatic rings. The Hall–Kier alpha value is -4.94. The van der Waals surface area contributed by atoms with Crippen LogP contribution >= 0.6 is 0 Å². The Morgan fingerprint density at radius 3 is 1.80 bits per heavy atom. The summed E-state index contributed by atoms with van der Waals surface area (Å²) in [5.74, 6) is 0. The molecule has 0 heterocycles. The molecule has 0 bridgehead atoms. The first-order valence-electron chi connectivity index (χ1n) is 14.5. The van der Waals surface area contributed by atoms with Crippen molar-refractivity contribution in [2.24, 2.45) is 0 Å². The van der Waals surface area contributed by atoms with Crippen molar-refractivity contribution in [2.75, 3.05) is 0 Å². The van der Waals surface area contributed by atoms with Crippen LogP contribution < -0.4 is 0 Å². The third-order valence-electron chi connectivity index (χ3n) is 9.55. The van der Waals surface area contributed by atoms with E-state index in [1.807, 2.05) is 0 Å². The van der Waals surface area contributed by atoms with Gasteiger partial charge in [0.25, 0.3) is 0 Å². The maximum absolute atomic E-state index is 2.45. The van der Waals surface area contributed by atoms with Crippen molar-refractivity contribution in [3.63, 3.8) is 0 Å². The molecule has 1 aliphatic carbocycles.